The van der Waals surface area contributed by atoms with E-state index >= 15 is 0 Å². The van der Waals surface area contributed by atoms with Crippen LogP contribution in [0.1, 0.15) is 0 Å². The molecule has 0 saturated heterocycles. The van der Waals surface area contributed by atoms with E-state index in [1.165, 1.54) is 47.0 Å². The molecule has 10 nitrogen and oxygen atoms in total. The van der Waals surface area contributed by atoms with Gasteiger partial charge in [-0.15, -0.1) is 106 Å². The lowest BCUT2D eigenvalue weighted by atomic mass is 10.8. The standard InChI is InChI=1S/C24H44O10S10/c25-16-43-20-41-4-1-30-22(27)13-36-8-7-35-6-3-33-34-19-40-12-11-39-18-32-24(29)15-38-10-9-37-14-23(28)31-2-5-42-21-44-17-26/h25-26H,1-21H2. The molecule has 0 unspecified atom stereocenters. The topological polar surface area (TPSA) is 138 Å². The molecule has 0 atom stereocenters. The van der Waals surface area contributed by atoms with E-state index in [-0.39, 0.29) is 29.8 Å². The Balaban J connectivity index is 3.26. The molecule has 0 aliphatic heterocycles. The molecule has 20 heteroatoms. The van der Waals surface area contributed by atoms with Gasteiger partial charge in [-0.2, -0.15) is 11.8 Å². The first-order valence-electron chi connectivity index (χ1n) is 13.3. The second-order valence-corrected chi connectivity index (χ2v) is 18.9. The van der Waals surface area contributed by atoms with Crippen LogP contribution in [0.3, 0.4) is 0 Å². The molecule has 0 radical (unpaired) electrons. The Morgan fingerprint density at radius 1 is 0.409 bits per heavy atom. The van der Waals surface area contributed by atoms with Crippen LogP contribution in [0.4, 0.5) is 0 Å². The number of thioether (sulfide) groups is 10. The van der Waals surface area contributed by atoms with Crippen LogP contribution in [0.5, 0.6) is 0 Å². The number of esters is 3. The predicted octanol–water partition coefficient (Wildman–Crippen LogP) is 4.63. The van der Waals surface area contributed by atoms with Crippen molar-refractivity contribution in [1.82, 2.24) is 0 Å². The quantitative estimate of drug-likeness (QED) is 0.0230. The largest absolute Gasteiger partial charge is 0.464 e. The van der Waals surface area contributed by atoms with Gasteiger partial charge in [0.1, 0.15) is 25.1 Å². The maximum atomic E-state index is 11.8. The van der Waals surface area contributed by atoms with Crippen LogP contribution in [-0.2, 0) is 38.4 Å². The van der Waals surface area contributed by atoms with E-state index in [1.54, 1.807) is 70.6 Å². The van der Waals surface area contributed by atoms with Crippen molar-refractivity contribution < 1.29 is 48.6 Å². The third-order valence-electron chi connectivity index (χ3n) is 4.10. The van der Waals surface area contributed by atoms with Gasteiger partial charge in [0, 0.05) is 61.9 Å². The number of hydrogen-bond acceptors (Lipinski definition) is 20. The maximum Gasteiger partial charge on any atom is 0.316 e. The van der Waals surface area contributed by atoms with Gasteiger partial charge in [0.2, 0.25) is 0 Å². The van der Waals surface area contributed by atoms with Crippen molar-refractivity contribution >= 4 is 136 Å². The van der Waals surface area contributed by atoms with Crippen molar-refractivity contribution in [1.29, 1.82) is 0 Å². The Kier molecular flexibility index (Phi) is 40.7. The average molecular weight is 813 g/mol. The Morgan fingerprint density at radius 3 is 1.36 bits per heavy atom. The summed E-state index contributed by atoms with van der Waals surface area (Å²) in [6.07, 6.45) is 0. The van der Waals surface area contributed by atoms with Gasteiger partial charge in [0.05, 0.1) is 35.7 Å². The van der Waals surface area contributed by atoms with E-state index in [1.807, 2.05) is 0 Å². The molecule has 0 bridgehead atoms. The summed E-state index contributed by atoms with van der Waals surface area (Å²) in [5.41, 5.74) is 0. The van der Waals surface area contributed by atoms with Crippen molar-refractivity contribution in [2.45, 2.75) is 0 Å². The second-order valence-electron chi connectivity index (χ2n) is 7.44. The van der Waals surface area contributed by atoms with E-state index in [0.717, 1.165) is 61.9 Å². The first kappa shape index (κ1) is 45.8. The summed E-state index contributed by atoms with van der Waals surface area (Å²) in [6.45, 7) is 1.30. The van der Waals surface area contributed by atoms with E-state index < -0.39 is 0 Å². The molecule has 260 valence electrons. The van der Waals surface area contributed by atoms with Crippen LogP contribution in [0, 0.1) is 0 Å². The van der Waals surface area contributed by atoms with Crippen molar-refractivity contribution in [3.05, 3.63) is 0 Å². The molecular weight excluding hydrogens is 769 g/mol. The van der Waals surface area contributed by atoms with E-state index in [9.17, 15) is 14.4 Å². The minimum absolute atomic E-state index is 0.104. The van der Waals surface area contributed by atoms with E-state index in [0.29, 0.717) is 49.0 Å². The number of rotatable bonds is 35. The van der Waals surface area contributed by atoms with Crippen molar-refractivity contribution in [3.8, 4) is 0 Å². The Labute approximate surface area is 304 Å². The zero-order valence-corrected chi connectivity index (χ0v) is 32.8. The molecule has 0 rings (SSSR count). The number of aliphatic hydroxyl groups is 2. The third kappa shape index (κ3) is 38.2. The molecule has 0 amide bonds. The number of carbonyl (C=O) groups excluding carboxylic acids is 3. The molecule has 0 aliphatic carbocycles. The highest BCUT2D eigenvalue weighted by molar-refractivity contribution is 8.16. The summed E-state index contributed by atoms with van der Waals surface area (Å²) in [7, 11) is 0. The summed E-state index contributed by atoms with van der Waals surface area (Å²) in [6, 6.07) is 0. The molecule has 0 fully saturated rings. The van der Waals surface area contributed by atoms with Crippen LogP contribution in [0.15, 0.2) is 0 Å². The van der Waals surface area contributed by atoms with Gasteiger partial charge < -0.3 is 24.4 Å². The number of carbonyl (C=O) groups is 3. The predicted molar refractivity (Wildman–Crippen MR) is 203 cm³/mol. The Hall–Kier alpha value is 1.75. The molecule has 0 aromatic heterocycles. The smallest absolute Gasteiger partial charge is 0.316 e. The summed E-state index contributed by atoms with van der Waals surface area (Å²) >= 11 is 15.6. The lowest BCUT2D eigenvalue weighted by Crippen LogP contribution is -2.11. The number of hydrogen-bond donors (Lipinski definition) is 2. The highest BCUT2D eigenvalue weighted by Crippen LogP contribution is 2.13. The molecule has 0 aromatic rings. The van der Waals surface area contributed by atoms with E-state index in [4.69, 9.17) is 34.2 Å². The van der Waals surface area contributed by atoms with Gasteiger partial charge in [0.25, 0.3) is 0 Å². The van der Waals surface area contributed by atoms with Gasteiger partial charge in [0.15, 0.2) is 0 Å². The zero-order valence-electron chi connectivity index (χ0n) is 24.6. The van der Waals surface area contributed by atoms with Crippen molar-refractivity contribution in [2.24, 2.45) is 0 Å². The highest BCUT2D eigenvalue weighted by Gasteiger charge is 2.06. The second kappa shape index (κ2) is 39.2. The van der Waals surface area contributed by atoms with E-state index in [2.05, 4.69) is 0 Å². The van der Waals surface area contributed by atoms with Gasteiger partial charge in [-0.25, -0.2) is 9.78 Å². The summed E-state index contributed by atoms with van der Waals surface area (Å²) in [5, 5.41) is 18.9. The Morgan fingerprint density at radius 2 is 0.841 bits per heavy atom. The van der Waals surface area contributed by atoms with Gasteiger partial charge in [-0.05, 0) is 0 Å². The lowest BCUT2D eigenvalue weighted by Gasteiger charge is -2.06. The van der Waals surface area contributed by atoms with Gasteiger partial charge in [-0.3, -0.25) is 14.4 Å². The minimum atomic E-state index is -0.233. The number of ether oxygens (including phenoxy) is 3. The van der Waals surface area contributed by atoms with Crippen LogP contribution >= 0.6 is 118 Å². The normalized spacial score (nSPS) is 11.0. The molecule has 0 spiro atoms. The summed E-state index contributed by atoms with van der Waals surface area (Å²) in [4.78, 5) is 45.4. The first-order valence-corrected chi connectivity index (χ1v) is 24.8. The fraction of sp³-hybridized carbons (Fsp3) is 0.875. The fourth-order valence-corrected chi connectivity index (χ4v) is 10.1. The SMILES string of the molecule is O=C(CSCCSCCOOCSCCSCOC(=O)CSCCSCC(=O)OCCSCSCO)OCCSCSCO. The lowest BCUT2D eigenvalue weighted by molar-refractivity contribution is -0.274. The molecule has 0 aliphatic rings. The van der Waals surface area contributed by atoms with Gasteiger partial charge in [-0.1, -0.05) is 0 Å². The molecule has 44 heavy (non-hydrogen) atoms. The maximum absolute atomic E-state index is 11.8. The third-order valence-corrected chi connectivity index (χ3v) is 14.1. The van der Waals surface area contributed by atoms with Crippen molar-refractivity contribution in [3.63, 3.8) is 0 Å². The zero-order chi connectivity index (χ0) is 32.2. The average Bonchev–Trinajstić information content (AvgIpc) is 3.02. The van der Waals surface area contributed by atoms with Crippen LogP contribution in [0.25, 0.3) is 0 Å². The van der Waals surface area contributed by atoms with Crippen LogP contribution < -0.4 is 0 Å². The Bertz CT molecular complexity index is 673. The van der Waals surface area contributed by atoms with Crippen LogP contribution in [-0.4, -0.2) is 151 Å². The van der Waals surface area contributed by atoms with Crippen LogP contribution in [0.2, 0.25) is 0 Å². The molecule has 0 aromatic carbocycles. The molecular formula is C24H44O10S10. The summed E-state index contributed by atoms with van der Waals surface area (Å²) in [5.74, 6) is 8.62. The minimum Gasteiger partial charge on any atom is -0.464 e. The highest BCUT2D eigenvalue weighted by atomic mass is 32.2. The first-order chi connectivity index (χ1) is 21.6. The van der Waals surface area contributed by atoms with Crippen molar-refractivity contribution in [2.75, 3.05) is 123 Å². The molecule has 0 heterocycles. The molecule has 2 N–H and O–H groups in total. The van der Waals surface area contributed by atoms with Gasteiger partial charge >= 0.3 is 17.9 Å². The monoisotopic (exact) mass is 812 g/mol. The number of aliphatic hydroxyl groups excluding tert-OH is 2. The fourth-order valence-electron chi connectivity index (χ4n) is 2.23. The summed E-state index contributed by atoms with van der Waals surface area (Å²) < 4.78 is 15.5. The molecule has 0 saturated carbocycles.